The Hall–Kier alpha value is -0.610. The second-order valence-corrected chi connectivity index (χ2v) is 5.95. The lowest BCUT2D eigenvalue weighted by Crippen LogP contribution is -2.48. The molecule has 2 aliphatic heterocycles. The molecule has 1 amide bonds. The molecule has 0 saturated carbocycles. The van der Waals surface area contributed by atoms with Crippen molar-refractivity contribution in [3.05, 3.63) is 0 Å². The summed E-state index contributed by atoms with van der Waals surface area (Å²) >= 11 is 0. The van der Waals surface area contributed by atoms with E-state index in [9.17, 15) is 4.79 Å². The van der Waals surface area contributed by atoms with Crippen molar-refractivity contribution < 1.29 is 4.79 Å². The second kappa shape index (κ2) is 6.02. The molecule has 2 aliphatic rings. The molecule has 0 aromatic carbocycles. The van der Waals surface area contributed by atoms with Crippen molar-refractivity contribution in [3.8, 4) is 0 Å². The van der Waals surface area contributed by atoms with E-state index in [-0.39, 0.29) is 11.3 Å². The van der Waals surface area contributed by atoms with Crippen LogP contribution >= 0.6 is 0 Å². The molecule has 0 radical (unpaired) electrons. The van der Waals surface area contributed by atoms with Crippen LogP contribution in [-0.4, -0.2) is 49.6 Å². The highest BCUT2D eigenvalue weighted by Gasteiger charge is 2.35. The number of likely N-dealkylation sites (N-methyl/N-ethyl adjacent to an activating group) is 1. The van der Waals surface area contributed by atoms with Gasteiger partial charge in [-0.05, 0) is 51.9 Å². The molecule has 4 nitrogen and oxygen atoms in total. The summed E-state index contributed by atoms with van der Waals surface area (Å²) in [5, 5.41) is 6.51. The maximum Gasteiger partial charge on any atom is 0.226 e. The van der Waals surface area contributed by atoms with Crippen molar-refractivity contribution in [1.82, 2.24) is 15.5 Å². The number of carbonyl (C=O) groups excluding carboxylic acids is 1. The van der Waals surface area contributed by atoms with Crippen LogP contribution in [0.1, 0.15) is 39.5 Å². The average Bonchev–Trinajstić information content (AvgIpc) is 2.84. The number of rotatable bonds is 4. The molecule has 2 saturated heterocycles. The van der Waals surface area contributed by atoms with Crippen LogP contribution in [0.25, 0.3) is 0 Å². The standard InChI is InChI=1S/C14H27N3O/c1-3-17-10-4-5-12(17)11-16-13(18)14(2)6-8-15-9-7-14/h12,15H,3-11H2,1-2H3,(H,16,18). The van der Waals surface area contributed by atoms with Crippen molar-refractivity contribution in [2.24, 2.45) is 5.41 Å². The number of piperidine rings is 1. The topological polar surface area (TPSA) is 44.4 Å². The van der Waals surface area contributed by atoms with Crippen LogP contribution in [-0.2, 0) is 4.79 Å². The zero-order valence-electron chi connectivity index (χ0n) is 11.8. The van der Waals surface area contributed by atoms with Crippen molar-refractivity contribution in [2.75, 3.05) is 32.7 Å². The van der Waals surface area contributed by atoms with Crippen LogP contribution in [0, 0.1) is 5.41 Å². The monoisotopic (exact) mass is 253 g/mol. The van der Waals surface area contributed by atoms with Crippen molar-refractivity contribution in [1.29, 1.82) is 0 Å². The Morgan fingerprint density at radius 3 is 2.83 bits per heavy atom. The smallest absolute Gasteiger partial charge is 0.226 e. The predicted octanol–water partition coefficient (Wildman–Crippen LogP) is 0.977. The Balaban J connectivity index is 1.80. The molecule has 1 atom stereocenters. The molecule has 2 rings (SSSR count). The van der Waals surface area contributed by atoms with Gasteiger partial charge in [0.1, 0.15) is 0 Å². The van der Waals surface area contributed by atoms with E-state index in [1.807, 2.05) is 0 Å². The minimum absolute atomic E-state index is 0.152. The van der Waals surface area contributed by atoms with Gasteiger partial charge in [0.15, 0.2) is 0 Å². The number of amides is 1. The van der Waals surface area contributed by atoms with Gasteiger partial charge in [0.25, 0.3) is 0 Å². The van der Waals surface area contributed by atoms with E-state index >= 15 is 0 Å². The van der Waals surface area contributed by atoms with Gasteiger partial charge >= 0.3 is 0 Å². The van der Waals surface area contributed by atoms with Crippen molar-refractivity contribution >= 4 is 5.91 Å². The van der Waals surface area contributed by atoms with E-state index in [0.29, 0.717) is 6.04 Å². The maximum atomic E-state index is 12.3. The third kappa shape index (κ3) is 3.04. The van der Waals surface area contributed by atoms with Crippen molar-refractivity contribution in [2.45, 2.75) is 45.6 Å². The first-order valence-corrected chi connectivity index (χ1v) is 7.39. The quantitative estimate of drug-likeness (QED) is 0.785. The predicted molar refractivity (Wildman–Crippen MR) is 73.5 cm³/mol. The minimum atomic E-state index is -0.152. The largest absolute Gasteiger partial charge is 0.354 e. The normalized spacial score (nSPS) is 28.2. The fourth-order valence-corrected chi connectivity index (χ4v) is 3.17. The number of hydrogen-bond donors (Lipinski definition) is 2. The molecule has 0 aromatic rings. The summed E-state index contributed by atoms with van der Waals surface area (Å²) in [7, 11) is 0. The van der Waals surface area contributed by atoms with Crippen LogP contribution in [0.4, 0.5) is 0 Å². The van der Waals surface area contributed by atoms with Gasteiger partial charge < -0.3 is 10.6 Å². The highest BCUT2D eigenvalue weighted by Crippen LogP contribution is 2.28. The summed E-state index contributed by atoms with van der Waals surface area (Å²) in [5.41, 5.74) is -0.152. The van der Waals surface area contributed by atoms with Gasteiger partial charge in [0.05, 0.1) is 0 Å². The van der Waals surface area contributed by atoms with E-state index < -0.39 is 0 Å². The van der Waals surface area contributed by atoms with E-state index in [1.165, 1.54) is 19.4 Å². The summed E-state index contributed by atoms with van der Waals surface area (Å²) in [6.45, 7) is 9.36. The SMILES string of the molecule is CCN1CCCC1CNC(=O)C1(C)CCNCC1. The molecular formula is C14H27N3O. The van der Waals surface area contributed by atoms with E-state index in [2.05, 4.69) is 29.4 Å². The van der Waals surface area contributed by atoms with Crippen LogP contribution in [0.2, 0.25) is 0 Å². The van der Waals surface area contributed by atoms with Gasteiger partial charge in [0, 0.05) is 18.0 Å². The first kappa shape index (κ1) is 13.8. The summed E-state index contributed by atoms with van der Waals surface area (Å²) < 4.78 is 0. The molecule has 2 N–H and O–H groups in total. The molecule has 2 fully saturated rings. The summed E-state index contributed by atoms with van der Waals surface area (Å²) in [6.07, 6.45) is 4.42. The van der Waals surface area contributed by atoms with Crippen LogP contribution in [0.3, 0.4) is 0 Å². The Bertz CT molecular complexity index is 287. The Morgan fingerprint density at radius 2 is 2.17 bits per heavy atom. The lowest BCUT2D eigenvalue weighted by molar-refractivity contribution is -0.131. The van der Waals surface area contributed by atoms with Gasteiger partial charge in [0.2, 0.25) is 5.91 Å². The molecule has 0 aromatic heterocycles. The lowest BCUT2D eigenvalue weighted by atomic mass is 9.80. The Labute approximate surface area is 110 Å². The zero-order valence-corrected chi connectivity index (χ0v) is 11.8. The van der Waals surface area contributed by atoms with E-state index in [0.717, 1.165) is 39.0 Å². The van der Waals surface area contributed by atoms with Gasteiger partial charge in [-0.3, -0.25) is 9.69 Å². The fourth-order valence-electron chi connectivity index (χ4n) is 3.17. The lowest BCUT2D eigenvalue weighted by Gasteiger charge is -2.33. The minimum Gasteiger partial charge on any atom is -0.354 e. The van der Waals surface area contributed by atoms with Gasteiger partial charge in [-0.1, -0.05) is 13.8 Å². The molecule has 104 valence electrons. The summed E-state index contributed by atoms with van der Waals surface area (Å²) in [5.74, 6) is 0.256. The summed E-state index contributed by atoms with van der Waals surface area (Å²) in [6, 6.07) is 0.560. The van der Waals surface area contributed by atoms with E-state index in [4.69, 9.17) is 0 Å². The first-order valence-electron chi connectivity index (χ1n) is 7.39. The molecular weight excluding hydrogens is 226 g/mol. The van der Waals surface area contributed by atoms with Crippen LogP contribution < -0.4 is 10.6 Å². The highest BCUT2D eigenvalue weighted by molar-refractivity contribution is 5.82. The van der Waals surface area contributed by atoms with Crippen LogP contribution in [0.15, 0.2) is 0 Å². The maximum absolute atomic E-state index is 12.3. The number of nitrogens with one attached hydrogen (secondary N) is 2. The van der Waals surface area contributed by atoms with Gasteiger partial charge in [-0.25, -0.2) is 0 Å². The molecule has 4 heteroatoms. The third-order valence-corrected chi connectivity index (χ3v) is 4.66. The van der Waals surface area contributed by atoms with Gasteiger partial charge in [-0.15, -0.1) is 0 Å². The van der Waals surface area contributed by atoms with Crippen LogP contribution in [0.5, 0.6) is 0 Å². The van der Waals surface area contributed by atoms with Crippen molar-refractivity contribution in [3.63, 3.8) is 0 Å². The molecule has 0 bridgehead atoms. The number of hydrogen-bond acceptors (Lipinski definition) is 3. The zero-order chi connectivity index (χ0) is 13.0. The Kier molecular flexibility index (Phi) is 4.62. The van der Waals surface area contributed by atoms with E-state index in [1.54, 1.807) is 0 Å². The number of likely N-dealkylation sites (tertiary alicyclic amines) is 1. The third-order valence-electron chi connectivity index (χ3n) is 4.66. The number of nitrogens with zero attached hydrogens (tertiary/aromatic N) is 1. The molecule has 2 heterocycles. The molecule has 0 spiro atoms. The molecule has 18 heavy (non-hydrogen) atoms. The Morgan fingerprint density at radius 1 is 1.44 bits per heavy atom. The van der Waals surface area contributed by atoms with Gasteiger partial charge in [-0.2, -0.15) is 0 Å². The summed E-state index contributed by atoms with van der Waals surface area (Å²) in [4.78, 5) is 14.8. The molecule has 1 unspecified atom stereocenters. The fraction of sp³-hybridized carbons (Fsp3) is 0.929. The highest BCUT2D eigenvalue weighted by atomic mass is 16.2. The number of carbonyl (C=O) groups is 1. The first-order chi connectivity index (χ1) is 8.65. The second-order valence-electron chi connectivity index (χ2n) is 5.95. The average molecular weight is 253 g/mol. The molecule has 0 aliphatic carbocycles.